The Bertz CT molecular complexity index is 492. The number of urea groups is 1. The van der Waals surface area contributed by atoms with Crippen LogP contribution in [0.15, 0.2) is 5.38 Å². The van der Waals surface area contributed by atoms with E-state index < -0.39 is 12.0 Å². The Kier molecular flexibility index (Phi) is 5.24. The molecule has 6 nitrogen and oxygen atoms in total. The highest BCUT2D eigenvalue weighted by atomic mass is 32.2. The number of carbonyl (C=O) groups is 2. The number of nitrogens with zero attached hydrogens (tertiary/aromatic N) is 2. The molecule has 0 saturated carbocycles. The molecule has 1 aromatic heterocycles. The Morgan fingerprint density at radius 3 is 3.05 bits per heavy atom. The zero-order valence-electron chi connectivity index (χ0n) is 11.2. The lowest BCUT2D eigenvalue weighted by molar-refractivity contribution is -0.141. The molecule has 2 amide bonds. The second-order valence-electron chi connectivity index (χ2n) is 4.49. The van der Waals surface area contributed by atoms with Gasteiger partial charge in [0.1, 0.15) is 6.04 Å². The Balaban J connectivity index is 1.82. The number of hydrogen-bond acceptors (Lipinski definition) is 5. The molecule has 0 radical (unpaired) electrons. The molecular formula is C12H17N3O3S2. The topological polar surface area (TPSA) is 82.5 Å². The van der Waals surface area contributed by atoms with Crippen molar-refractivity contribution in [1.29, 1.82) is 0 Å². The molecule has 110 valence electrons. The third-order valence-electron chi connectivity index (χ3n) is 2.96. The fourth-order valence-electron chi connectivity index (χ4n) is 1.95. The Morgan fingerprint density at radius 2 is 2.40 bits per heavy atom. The molecule has 1 unspecified atom stereocenters. The summed E-state index contributed by atoms with van der Waals surface area (Å²) in [7, 11) is 0. The van der Waals surface area contributed by atoms with Crippen LogP contribution >= 0.6 is 23.1 Å². The summed E-state index contributed by atoms with van der Waals surface area (Å²) in [5, 5.41) is 14.8. The zero-order chi connectivity index (χ0) is 14.5. The smallest absolute Gasteiger partial charge is 0.327 e. The van der Waals surface area contributed by atoms with Crippen LogP contribution in [-0.4, -0.2) is 57.6 Å². The fourth-order valence-corrected chi connectivity index (χ4v) is 3.76. The second kappa shape index (κ2) is 6.94. The first-order valence-electron chi connectivity index (χ1n) is 6.34. The van der Waals surface area contributed by atoms with Gasteiger partial charge in [0.05, 0.1) is 5.01 Å². The Hall–Kier alpha value is -1.28. The van der Waals surface area contributed by atoms with Gasteiger partial charge in [0.2, 0.25) is 0 Å². The molecule has 1 aliphatic heterocycles. The van der Waals surface area contributed by atoms with E-state index in [1.165, 1.54) is 4.90 Å². The van der Waals surface area contributed by atoms with Gasteiger partial charge in [0, 0.05) is 42.1 Å². The first-order valence-corrected chi connectivity index (χ1v) is 8.37. The third-order valence-corrected chi connectivity index (χ3v) is 5.01. The van der Waals surface area contributed by atoms with Gasteiger partial charge in [-0.15, -0.1) is 11.3 Å². The quantitative estimate of drug-likeness (QED) is 0.872. The molecule has 0 spiro atoms. The Labute approximate surface area is 125 Å². The number of carboxylic acid groups (broad SMARTS) is 1. The summed E-state index contributed by atoms with van der Waals surface area (Å²) in [6.07, 6.45) is 0.671. The summed E-state index contributed by atoms with van der Waals surface area (Å²) in [5.41, 5.74) is 0.982. The van der Waals surface area contributed by atoms with Crippen LogP contribution in [-0.2, 0) is 11.2 Å². The van der Waals surface area contributed by atoms with Crippen molar-refractivity contribution in [3.05, 3.63) is 16.1 Å². The van der Waals surface area contributed by atoms with Crippen molar-refractivity contribution >= 4 is 35.1 Å². The van der Waals surface area contributed by atoms with Gasteiger partial charge in [0.25, 0.3) is 0 Å². The first-order chi connectivity index (χ1) is 9.58. The summed E-state index contributed by atoms with van der Waals surface area (Å²) in [5.74, 6) is 0.292. The molecule has 1 atom stereocenters. The number of carboxylic acids is 1. The number of carbonyl (C=O) groups excluding carboxylic acids is 1. The molecule has 20 heavy (non-hydrogen) atoms. The minimum atomic E-state index is -0.942. The monoisotopic (exact) mass is 315 g/mol. The van der Waals surface area contributed by atoms with Gasteiger partial charge < -0.3 is 15.3 Å². The fraction of sp³-hybridized carbons (Fsp3) is 0.583. The van der Waals surface area contributed by atoms with E-state index in [4.69, 9.17) is 5.11 Å². The maximum Gasteiger partial charge on any atom is 0.327 e. The van der Waals surface area contributed by atoms with E-state index in [2.05, 4.69) is 10.3 Å². The molecule has 0 aromatic carbocycles. The van der Waals surface area contributed by atoms with Gasteiger partial charge in [-0.3, -0.25) is 0 Å². The molecule has 2 rings (SSSR count). The molecule has 1 aromatic rings. The first kappa shape index (κ1) is 15.1. The predicted octanol–water partition coefficient (Wildman–Crippen LogP) is 1.21. The van der Waals surface area contributed by atoms with E-state index in [1.54, 1.807) is 23.1 Å². The number of rotatable bonds is 4. The van der Waals surface area contributed by atoms with Crippen LogP contribution in [0.5, 0.6) is 0 Å². The highest BCUT2D eigenvalue weighted by Gasteiger charge is 2.32. The maximum absolute atomic E-state index is 12.0. The van der Waals surface area contributed by atoms with E-state index in [9.17, 15) is 9.59 Å². The van der Waals surface area contributed by atoms with Gasteiger partial charge >= 0.3 is 12.0 Å². The van der Waals surface area contributed by atoms with Crippen LogP contribution in [0.4, 0.5) is 4.79 Å². The lowest BCUT2D eigenvalue weighted by Crippen LogP contribution is -2.54. The average Bonchev–Trinajstić information content (AvgIpc) is 2.84. The summed E-state index contributed by atoms with van der Waals surface area (Å²) < 4.78 is 0. The second-order valence-corrected chi connectivity index (χ2v) is 6.58. The molecule has 1 aliphatic rings. The van der Waals surface area contributed by atoms with Crippen molar-refractivity contribution in [1.82, 2.24) is 15.2 Å². The summed E-state index contributed by atoms with van der Waals surface area (Å²) in [6, 6.07) is -1.03. The molecule has 1 fully saturated rings. The number of aliphatic carboxylic acids is 1. The number of hydrogen-bond donors (Lipinski definition) is 2. The molecule has 2 N–H and O–H groups in total. The van der Waals surface area contributed by atoms with E-state index >= 15 is 0 Å². The van der Waals surface area contributed by atoms with Gasteiger partial charge in [0.15, 0.2) is 0 Å². The largest absolute Gasteiger partial charge is 0.480 e. The third kappa shape index (κ3) is 3.86. The standard InChI is InChI=1S/C12H17N3O3S2/c1-8-6-20-10(14-8)2-3-13-12(18)15-4-5-19-7-9(15)11(16)17/h6,9H,2-5,7H2,1H3,(H,13,18)(H,16,17). The van der Waals surface area contributed by atoms with Crippen molar-refractivity contribution in [2.24, 2.45) is 0 Å². The van der Waals surface area contributed by atoms with Crippen molar-refractivity contribution in [2.45, 2.75) is 19.4 Å². The highest BCUT2D eigenvalue weighted by Crippen LogP contribution is 2.16. The van der Waals surface area contributed by atoms with E-state index in [0.29, 0.717) is 25.3 Å². The van der Waals surface area contributed by atoms with Gasteiger partial charge in [-0.25, -0.2) is 14.6 Å². The zero-order valence-corrected chi connectivity index (χ0v) is 12.8. The minimum absolute atomic E-state index is 0.300. The van der Waals surface area contributed by atoms with Crippen LogP contribution in [0, 0.1) is 6.92 Å². The lowest BCUT2D eigenvalue weighted by atomic mass is 10.3. The number of nitrogens with one attached hydrogen (secondary N) is 1. The van der Waals surface area contributed by atoms with Crippen LogP contribution in [0.2, 0.25) is 0 Å². The van der Waals surface area contributed by atoms with Crippen molar-refractivity contribution in [3.8, 4) is 0 Å². The molecular weight excluding hydrogens is 298 g/mol. The van der Waals surface area contributed by atoms with E-state index in [-0.39, 0.29) is 6.03 Å². The SMILES string of the molecule is Cc1csc(CCNC(=O)N2CCSCC2C(=O)O)n1. The van der Waals surface area contributed by atoms with Gasteiger partial charge in [-0.1, -0.05) is 0 Å². The molecule has 1 saturated heterocycles. The maximum atomic E-state index is 12.0. The Morgan fingerprint density at radius 1 is 1.60 bits per heavy atom. The average molecular weight is 315 g/mol. The van der Waals surface area contributed by atoms with Gasteiger partial charge in [-0.2, -0.15) is 11.8 Å². The van der Waals surface area contributed by atoms with Crippen LogP contribution in [0.3, 0.4) is 0 Å². The number of thioether (sulfide) groups is 1. The van der Waals surface area contributed by atoms with Crippen LogP contribution < -0.4 is 5.32 Å². The minimum Gasteiger partial charge on any atom is -0.480 e. The molecule has 0 aliphatic carbocycles. The van der Waals surface area contributed by atoms with Crippen molar-refractivity contribution in [2.75, 3.05) is 24.6 Å². The summed E-state index contributed by atoms with van der Waals surface area (Å²) in [4.78, 5) is 28.9. The van der Waals surface area contributed by atoms with Crippen molar-refractivity contribution in [3.63, 3.8) is 0 Å². The van der Waals surface area contributed by atoms with Crippen LogP contribution in [0.25, 0.3) is 0 Å². The lowest BCUT2D eigenvalue weighted by Gasteiger charge is -2.32. The number of aryl methyl sites for hydroxylation is 1. The predicted molar refractivity (Wildman–Crippen MR) is 79.4 cm³/mol. The number of aromatic nitrogens is 1. The van der Waals surface area contributed by atoms with Crippen molar-refractivity contribution < 1.29 is 14.7 Å². The summed E-state index contributed by atoms with van der Waals surface area (Å²) in [6.45, 7) is 2.88. The van der Waals surface area contributed by atoms with Gasteiger partial charge in [-0.05, 0) is 6.92 Å². The normalized spacial score (nSPS) is 18.9. The molecule has 2 heterocycles. The van der Waals surface area contributed by atoms with Crippen LogP contribution in [0.1, 0.15) is 10.7 Å². The van der Waals surface area contributed by atoms with E-state index in [1.807, 2.05) is 12.3 Å². The summed E-state index contributed by atoms with van der Waals surface area (Å²) >= 11 is 3.13. The number of thiazole rings is 1. The molecule has 8 heteroatoms. The van der Waals surface area contributed by atoms with E-state index in [0.717, 1.165) is 16.5 Å². The molecule has 0 bridgehead atoms. The number of amides is 2. The highest BCUT2D eigenvalue weighted by molar-refractivity contribution is 7.99.